The molecule has 0 radical (unpaired) electrons. The zero-order valence-electron chi connectivity index (χ0n) is 10.2. The molecule has 17 heavy (non-hydrogen) atoms. The predicted molar refractivity (Wildman–Crippen MR) is 62.6 cm³/mol. The highest BCUT2D eigenvalue weighted by atomic mass is 16.2. The van der Waals surface area contributed by atoms with Gasteiger partial charge in [-0.2, -0.15) is 5.26 Å². The van der Waals surface area contributed by atoms with Crippen LogP contribution in [-0.4, -0.2) is 30.3 Å². The van der Waals surface area contributed by atoms with Gasteiger partial charge in [0.1, 0.15) is 5.41 Å². The number of amides is 2. The lowest BCUT2D eigenvalue weighted by molar-refractivity contribution is -0.141. The van der Waals surface area contributed by atoms with Crippen molar-refractivity contribution in [1.29, 1.82) is 5.26 Å². The average Bonchev–Trinajstić information content (AvgIpc) is 2.53. The molecular weight excluding hydrogens is 218 g/mol. The summed E-state index contributed by atoms with van der Waals surface area (Å²) in [5.74, 6) is -0.816. The Balaban J connectivity index is 2.81. The minimum atomic E-state index is -0.944. The summed E-state index contributed by atoms with van der Waals surface area (Å²) in [6.45, 7) is -0.123. The van der Waals surface area contributed by atoms with Crippen molar-refractivity contribution in [3.05, 3.63) is 0 Å². The van der Waals surface area contributed by atoms with Gasteiger partial charge in [0.25, 0.3) is 0 Å². The molecule has 0 saturated heterocycles. The van der Waals surface area contributed by atoms with E-state index in [0.29, 0.717) is 12.8 Å². The van der Waals surface area contributed by atoms with Crippen molar-refractivity contribution in [1.82, 2.24) is 4.90 Å². The molecule has 0 aliphatic heterocycles. The predicted octanol–water partition coefficient (Wildman–Crippen LogP) is 0.794. The van der Waals surface area contributed by atoms with Crippen LogP contribution in [0.3, 0.4) is 0 Å². The molecule has 1 aliphatic carbocycles. The highest BCUT2D eigenvalue weighted by Crippen LogP contribution is 2.35. The summed E-state index contributed by atoms with van der Waals surface area (Å²) in [7, 11) is 1.52. The van der Waals surface area contributed by atoms with Gasteiger partial charge in [-0.1, -0.05) is 25.7 Å². The van der Waals surface area contributed by atoms with Gasteiger partial charge >= 0.3 is 0 Å². The average molecular weight is 237 g/mol. The van der Waals surface area contributed by atoms with Crippen molar-refractivity contribution < 1.29 is 9.59 Å². The Kier molecular flexibility index (Phi) is 4.50. The second-order valence-corrected chi connectivity index (χ2v) is 4.74. The third-order valence-corrected chi connectivity index (χ3v) is 3.32. The second kappa shape index (κ2) is 5.67. The van der Waals surface area contributed by atoms with Crippen molar-refractivity contribution in [2.45, 2.75) is 38.5 Å². The second-order valence-electron chi connectivity index (χ2n) is 4.74. The largest absolute Gasteiger partial charge is 0.368 e. The van der Waals surface area contributed by atoms with Crippen molar-refractivity contribution in [2.75, 3.05) is 13.6 Å². The summed E-state index contributed by atoms with van der Waals surface area (Å²) in [5, 5.41) is 9.31. The van der Waals surface area contributed by atoms with E-state index in [-0.39, 0.29) is 12.5 Å². The normalized spacial score (nSPS) is 18.8. The molecular formula is C12H19N3O2. The Morgan fingerprint density at radius 1 is 1.29 bits per heavy atom. The number of carbonyl (C=O) groups is 2. The molecule has 1 aliphatic rings. The first-order valence-corrected chi connectivity index (χ1v) is 5.97. The number of hydrogen-bond acceptors (Lipinski definition) is 3. The van der Waals surface area contributed by atoms with Crippen molar-refractivity contribution in [3.63, 3.8) is 0 Å². The van der Waals surface area contributed by atoms with E-state index in [4.69, 9.17) is 5.73 Å². The van der Waals surface area contributed by atoms with Gasteiger partial charge in [0.15, 0.2) is 0 Å². The summed E-state index contributed by atoms with van der Waals surface area (Å²) >= 11 is 0. The lowest BCUT2D eigenvalue weighted by atomic mass is 9.80. The third kappa shape index (κ3) is 3.19. The Morgan fingerprint density at radius 2 is 1.82 bits per heavy atom. The monoisotopic (exact) mass is 237 g/mol. The molecule has 0 aromatic carbocycles. The van der Waals surface area contributed by atoms with E-state index < -0.39 is 11.3 Å². The number of hydrogen-bond donors (Lipinski definition) is 1. The van der Waals surface area contributed by atoms with Gasteiger partial charge in [-0.3, -0.25) is 9.59 Å². The van der Waals surface area contributed by atoms with Gasteiger partial charge in [0.2, 0.25) is 11.8 Å². The van der Waals surface area contributed by atoms with E-state index in [1.54, 1.807) is 0 Å². The van der Waals surface area contributed by atoms with E-state index in [2.05, 4.69) is 6.07 Å². The minimum absolute atomic E-state index is 0.123. The first kappa shape index (κ1) is 13.5. The Morgan fingerprint density at radius 3 is 2.24 bits per heavy atom. The number of nitrogens with zero attached hydrogens (tertiary/aromatic N) is 2. The number of likely N-dealkylation sites (N-methyl/N-ethyl adjacent to an activating group) is 1. The van der Waals surface area contributed by atoms with Crippen LogP contribution in [0, 0.1) is 16.7 Å². The van der Waals surface area contributed by atoms with E-state index in [0.717, 1.165) is 25.7 Å². The number of carbonyl (C=O) groups excluding carboxylic acids is 2. The Hall–Kier alpha value is -1.57. The fourth-order valence-electron chi connectivity index (χ4n) is 2.38. The highest BCUT2D eigenvalue weighted by Gasteiger charge is 2.40. The smallest absolute Gasteiger partial charge is 0.243 e. The zero-order valence-corrected chi connectivity index (χ0v) is 10.2. The van der Waals surface area contributed by atoms with Crippen molar-refractivity contribution in [3.8, 4) is 6.07 Å². The van der Waals surface area contributed by atoms with Crippen molar-refractivity contribution >= 4 is 11.8 Å². The number of rotatable bonds is 3. The zero-order chi connectivity index (χ0) is 12.9. The summed E-state index contributed by atoms with van der Waals surface area (Å²) < 4.78 is 0. The summed E-state index contributed by atoms with van der Waals surface area (Å²) in [6, 6.07) is 2.17. The molecule has 94 valence electrons. The quantitative estimate of drug-likeness (QED) is 0.736. The molecule has 2 amide bonds. The molecule has 5 nitrogen and oxygen atoms in total. The topological polar surface area (TPSA) is 87.2 Å². The summed E-state index contributed by atoms with van der Waals surface area (Å²) in [4.78, 5) is 24.3. The number of primary amides is 1. The van der Waals surface area contributed by atoms with Gasteiger partial charge in [0.05, 0.1) is 12.6 Å². The molecule has 0 aromatic heterocycles. The number of nitrogens with two attached hydrogens (primary N) is 1. The molecule has 1 rings (SSSR count). The van der Waals surface area contributed by atoms with E-state index in [1.165, 1.54) is 11.9 Å². The lowest BCUT2D eigenvalue weighted by Gasteiger charge is -2.28. The highest BCUT2D eigenvalue weighted by molar-refractivity contribution is 5.89. The van der Waals surface area contributed by atoms with E-state index in [9.17, 15) is 14.9 Å². The van der Waals surface area contributed by atoms with Crippen LogP contribution in [-0.2, 0) is 9.59 Å². The van der Waals surface area contributed by atoms with Crippen LogP contribution in [0.15, 0.2) is 0 Å². The van der Waals surface area contributed by atoms with Gasteiger partial charge in [-0.25, -0.2) is 0 Å². The van der Waals surface area contributed by atoms with Crippen LogP contribution in [0.25, 0.3) is 0 Å². The Labute approximate surface area is 102 Å². The Bertz CT molecular complexity index is 338. The van der Waals surface area contributed by atoms with E-state index >= 15 is 0 Å². The van der Waals surface area contributed by atoms with Gasteiger partial charge in [-0.05, 0) is 12.8 Å². The number of nitriles is 1. The fourth-order valence-corrected chi connectivity index (χ4v) is 2.38. The summed E-state index contributed by atoms with van der Waals surface area (Å²) in [5.41, 5.74) is 4.12. The summed E-state index contributed by atoms with van der Waals surface area (Å²) in [6.07, 6.45) is 5.09. The lowest BCUT2D eigenvalue weighted by Crippen LogP contribution is -2.44. The first-order valence-electron chi connectivity index (χ1n) is 5.97. The standard InChI is InChI=1S/C12H19N3O2/c1-15(8-10(14)16)11(17)12(9-13)6-4-2-3-5-7-12/h2-8H2,1H3,(H2,14,16). The van der Waals surface area contributed by atoms with Crippen LogP contribution in [0.2, 0.25) is 0 Å². The van der Waals surface area contributed by atoms with Crippen LogP contribution in [0.4, 0.5) is 0 Å². The molecule has 0 atom stereocenters. The van der Waals surface area contributed by atoms with Crippen LogP contribution < -0.4 is 5.73 Å². The van der Waals surface area contributed by atoms with E-state index in [1.807, 2.05) is 0 Å². The first-order chi connectivity index (χ1) is 8.02. The van der Waals surface area contributed by atoms with Crippen molar-refractivity contribution in [2.24, 2.45) is 11.1 Å². The molecule has 0 unspecified atom stereocenters. The molecule has 5 heteroatoms. The molecule has 0 bridgehead atoms. The molecule has 1 fully saturated rings. The minimum Gasteiger partial charge on any atom is -0.368 e. The molecule has 1 saturated carbocycles. The molecule has 2 N–H and O–H groups in total. The van der Waals surface area contributed by atoms with Gasteiger partial charge in [0, 0.05) is 7.05 Å². The van der Waals surface area contributed by atoms with Crippen LogP contribution in [0.5, 0.6) is 0 Å². The molecule has 0 aromatic rings. The molecule has 0 spiro atoms. The molecule has 0 heterocycles. The third-order valence-electron chi connectivity index (χ3n) is 3.32. The fraction of sp³-hybridized carbons (Fsp3) is 0.750. The van der Waals surface area contributed by atoms with Crippen LogP contribution in [0.1, 0.15) is 38.5 Å². The maximum atomic E-state index is 12.2. The van der Waals surface area contributed by atoms with Gasteiger partial charge in [-0.15, -0.1) is 0 Å². The maximum absolute atomic E-state index is 12.2. The van der Waals surface area contributed by atoms with Crippen LogP contribution >= 0.6 is 0 Å². The SMILES string of the molecule is CN(CC(N)=O)C(=O)C1(C#N)CCCCCC1. The van der Waals surface area contributed by atoms with Gasteiger partial charge < -0.3 is 10.6 Å². The maximum Gasteiger partial charge on any atom is 0.243 e.